The number of likely N-dealkylation sites (tertiary alicyclic amines) is 1. The molecule has 7 heteroatoms. The third-order valence-corrected chi connectivity index (χ3v) is 5.42. The minimum Gasteiger partial charge on any atom is -0.507 e. The first-order chi connectivity index (χ1) is 15.0. The van der Waals surface area contributed by atoms with Crippen molar-refractivity contribution < 1.29 is 19.4 Å². The van der Waals surface area contributed by atoms with Gasteiger partial charge >= 0.3 is 0 Å². The average molecular weight is 435 g/mol. The van der Waals surface area contributed by atoms with E-state index in [1.807, 2.05) is 0 Å². The zero-order chi connectivity index (χ0) is 22.0. The van der Waals surface area contributed by atoms with E-state index < -0.39 is 17.7 Å². The molecule has 1 fully saturated rings. The van der Waals surface area contributed by atoms with Gasteiger partial charge in [0.1, 0.15) is 11.5 Å². The van der Waals surface area contributed by atoms with E-state index in [1.54, 1.807) is 73.1 Å². The Morgan fingerprint density at radius 1 is 1.10 bits per heavy atom. The number of ether oxygens (including phenoxy) is 1. The molecular weight excluding hydrogens is 416 g/mol. The lowest BCUT2D eigenvalue weighted by Gasteiger charge is -2.25. The Labute approximate surface area is 184 Å². The fourth-order valence-corrected chi connectivity index (χ4v) is 3.77. The minimum absolute atomic E-state index is 0.0228. The van der Waals surface area contributed by atoms with Crippen molar-refractivity contribution in [3.8, 4) is 5.75 Å². The van der Waals surface area contributed by atoms with Crippen LogP contribution in [-0.4, -0.2) is 33.8 Å². The van der Waals surface area contributed by atoms with Gasteiger partial charge in [0, 0.05) is 29.5 Å². The van der Waals surface area contributed by atoms with Crippen LogP contribution in [0, 0.1) is 0 Å². The topological polar surface area (TPSA) is 79.7 Å². The van der Waals surface area contributed by atoms with Crippen LogP contribution in [0.25, 0.3) is 5.76 Å². The number of aliphatic hydroxyl groups is 1. The highest BCUT2D eigenvalue weighted by Crippen LogP contribution is 2.40. The SMILES string of the molecule is COc1cccc(/C(O)=C2/C(=O)C(=O)N(Cc3ccncc3)C2c2ccc(Cl)cc2)c1. The van der Waals surface area contributed by atoms with Crippen molar-refractivity contribution in [2.45, 2.75) is 12.6 Å². The Bertz CT molecular complexity index is 1160. The molecule has 1 unspecified atom stereocenters. The Morgan fingerprint density at radius 3 is 2.48 bits per heavy atom. The number of carbonyl (C=O) groups is 2. The van der Waals surface area contributed by atoms with Crippen molar-refractivity contribution in [2.24, 2.45) is 0 Å². The highest BCUT2D eigenvalue weighted by atomic mass is 35.5. The molecule has 2 aromatic carbocycles. The van der Waals surface area contributed by atoms with Gasteiger partial charge in [-0.15, -0.1) is 0 Å². The molecule has 6 nitrogen and oxygen atoms in total. The highest BCUT2D eigenvalue weighted by molar-refractivity contribution is 6.46. The Hall–Kier alpha value is -3.64. The first-order valence-corrected chi connectivity index (χ1v) is 9.94. The van der Waals surface area contributed by atoms with Crippen LogP contribution < -0.4 is 4.74 Å². The monoisotopic (exact) mass is 434 g/mol. The summed E-state index contributed by atoms with van der Waals surface area (Å²) in [6.45, 7) is 0.190. The number of rotatable bonds is 5. The normalized spacial score (nSPS) is 17.7. The Balaban J connectivity index is 1.86. The maximum absolute atomic E-state index is 13.0. The standard InChI is InChI=1S/C24H19ClN2O4/c1-31-19-4-2-3-17(13-19)22(28)20-21(16-5-7-18(25)8-6-16)27(24(30)23(20)29)14-15-9-11-26-12-10-15/h2-13,21,28H,14H2,1H3/b22-20-. The lowest BCUT2D eigenvalue weighted by atomic mass is 9.95. The third kappa shape index (κ3) is 4.02. The number of halogens is 1. The smallest absolute Gasteiger partial charge is 0.295 e. The van der Waals surface area contributed by atoms with Crippen molar-refractivity contribution in [1.29, 1.82) is 0 Å². The summed E-state index contributed by atoms with van der Waals surface area (Å²) in [6, 6.07) is 16.4. The van der Waals surface area contributed by atoms with Crippen LogP contribution in [0.4, 0.5) is 0 Å². The molecule has 1 aliphatic rings. The predicted molar refractivity (Wildman–Crippen MR) is 117 cm³/mol. The van der Waals surface area contributed by atoms with Gasteiger partial charge in [-0.05, 0) is 47.5 Å². The molecule has 0 saturated carbocycles. The summed E-state index contributed by atoms with van der Waals surface area (Å²) >= 11 is 6.04. The van der Waals surface area contributed by atoms with E-state index in [0.29, 0.717) is 21.9 Å². The molecule has 156 valence electrons. The van der Waals surface area contributed by atoms with Gasteiger partial charge < -0.3 is 14.7 Å². The van der Waals surface area contributed by atoms with E-state index in [4.69, 9.17) is 16.3 Å². The Kier molecular flexibility index (Phi) is 5.73. The zero-order valence-electron chi connectivity index (χ0n) is 16.7. The van der Waals surface area contributed by atoms with Crippen LogP contribution in [0.1, 0.15) is 22.7 Å². The van der Waals surface area contributed by atoms with Crippen LogP contribution in [0.5, 0.6) is 5.75 Å². The summed E-state index contributed by atoms with van der Waals surface area (Å²) in [6.07, 6.45) is 3.25. The second-order valence-electron chi connectivity index (χ2n) is 7.07. The zero-order valence-corrected chi connectivity index (χ0v) is 17.4. The van der Waals surface area contributed by atoms with E-state index in [2.05, 4.69) is 4.98 Å². The molecule has 0 spiro atoms. The van der Waals surface area contributed by atoms with Gasteiger partial charge in [-0.2, -0.15) is 0 Å². The minimum atomic E-state index is -0.767. The van der Waals surface area contributed by atoms with Crippen LogP contribution in [0.15, 0.2) is 78.6 Å². The van der Waals surface area contributed by atoms with Crippen LogP contribution >= 0.6 is 11.6 Å². The number of Topliss-reactive ketones (excluding diaryl/α,β-unsaturated/α-hetero) is 1. The van der Waals surface area contributed by atoms with Gasteiger partial charge in [0.25, 0.3) is 11.7 Å². The van der Waals surface area contributed by atoms with E-state index in [0.717, 1.165) is 5.56 Å². The van der Waals surface area contributed by atoms with Crippen molar-refractivity contribution in [3.63, 3.8) is 0 Å². The largest absolute Gasteiger partial charge is 0.507 e. The molecule has 1 N–H and O–H groups in total. The number of aliphatic hydroxyl groups excluding tert-OH is 1. The molecule has 0 aliphatic carbocycles. The highest BCUT2D eigenvalue weighted by Gasteiger charge is 2.46. The predicted octanol–water partition coefficient (Wildman–Crippen LogP) is 4.37. The van der Waals surface area contributed by atoms with E-state index >= 15 is 0 Å². The molecule has 0 radical (unpaired) electrons. The third-order valence-electron chi connectivity index (χ3n) is 5.17. The van der Waals surface area contributed by atoms with Crippen molar-refractivity contribution in [3.05, 3.63) is 100 Å². The second-order valence-corrected chi connectivity index (χ2v) is 7.50. The molecule has 1 aliphatic heterocycles. The molecule has 1 atom stereocenters. The molecular formula is C24H19ClN2O4. The number of methoxy groups -OCH3 is 1. The summed E-state index contributed by atoms with van der Waals surface area (Å²) in [5, 5.41) is 11.6. The van der Waals surface area contributed by atoms with Crippen LogP contribution in [0.3, 0.4) is 0 Å². The molecule has 31 heavy (non-hydrogen) atoms. The number of nitrogens with zero attached hydrogens (tertiary/aromatic N) is 2. The summed E-state index contributed by atoms with van der Waals surface area (Å²) in [5.41, 5.74) is 1.90. The summed E-state index contributed by atoms with van der Waals surface area (Å²) < 4.78 is 5.22. The van der Waals surface area contributed by atoms with Gasteiger partial charge in [-0.1, -0.05) is 35.9 Å². The summed E-state index contributed by atoms with van der Waals surface area (Å²) in [5.74, 6) is -1.15. The quantitative estimate of drug-likeness (QED) is 0.366. The number of carbonyl (C=O) groups excluding carboxylic acids is 2. The maximum Gasteiger partial charge on any atom is 0.295 e. The fourth-order valence-electron chi connectivity index (χ4n) is 3.65. The molecule has 4 rings (SSSR count). The number of ketones is 1. The van der Waals surface area contributed by atoms with Gasteiger partial charge in [0.05, 0.1) is 18.7 Å². The van der Waals surface area contributed by atoms with E-state index in [9.17, 15) is 14.7 Å². The Morgan fingerprint density at radius 2 is 1.81 bits per heavy atom. The summed E-state index contributed by atoms with van der Waals surface area (Å²) in [4.78, 5) is 31.5. The molecule has 1 aromatic heterocycles. The van der Waals surface area contributed by atoms with Crippen molar-refractivity contribution in [2.75, 3.05) is 7.11 Å². The van der Waals surface area contributed by atoms with Gasteiger partial charge in [0.15, 0.2) is 0 Å². The first-order valence-electron chi connectivity index (χ1n) is 9.57. The lowest BCUT2D eigenvalue weighted by molar-refractivity contribution is -0.140. The van der Waals surface area contributed by atoms with Crippen molar-refractivity contribution >= 4 is 29.1 Å². The number of hydrogen-bond donors (Lipinski definition) is 1. The van der Waals surface area contributed by atoms with Gasteiger partial charge in [0.2, 0.25) is 0 Å². The number of hydrogen-bond acceptors (Lipinski definition) is 5. The van der Waals surface area contributed by atoms with Crippen LogP contribution in [-0.2, 0) is 16.1 Å². The van der Waals surface area contributed by atoms with Crippen molar-refractivity contribution in [1.82, 2.24) is 9.88 Å². The second kappa shape index (κ2) is 8.62. The van der Waals surface area contributed by atoms with Gasteiger partial charge in [-0.25, -0.2) is 0 Å². The number of amides is 1. The number of aromatic nitrogens is 1. The molecule has 1 amide bonds. The van der Waals surface area contributed by atoms with E-state index in [1.165, 1.54) is 12.0 Å². The van der Waals surface area contributed by atoms with Crippen LogP contribution in [0.2, 0.25) is 5.02 Å². The first kappa shape index (κ1) is 20.6. The molecule has 1 saturated heterocycles. The van der Waals surface area contributed by atoms with Gasteiger partial charge in [-0.3, -0.25) is 14.6 Å². The fraction of sp³-hybridized carbons (Fsp3) is 0.125. The number of benzene rings is 2. The molecule has 0 bridgehead atoms. The lowest BCUT2D eigenvalue weighted by Crippen LogP contribution is -2.29. The number of pyridine rings is 1. The summed E-state index contributed by atoms with van der Waals surface area (Å²) in [7, 11) is 1.51. The molecule has 3 aromatic rings. The molecule has 2 heterocycles. The van der Waals surface area contributed by atoms with E-state index in [-0.39, 0.29) is 17.9 Å². The maximum atomic E-state index is 13.0. The average Bonchev–Trinajstić information content (AvgIpc) is 3.05.